The van der Waals surface area contributed by atoms with Gasteiger partial charge in [-0.1, -0.05) is 0 Å². The fourth-order valence-corrected chi connectivity index (χ4v) is 1.28. The molecule has 0 fully saturated rings. The highest BCUT2D eigenvalue weighted by atomic mass is 35.5. The van der Waals surface area contributed by atoms with Gasteiger partial charge in [0.2, 0.25) is 0 Å². The van der Waals surface area contributed by atoms with Crippen LogP contribution in [0.5, 0.6) is 0 Å². The zero-order valence-corrected chi connectivity index (χ0v) is 9.07. The third-order valence-corrected chi connectivity index (χ3v) is 2.11. The quantitative estimate of drug-likeness (QED) is 0.630. The summed E-state index contributed by atoms with van der Waals surface area (Å²) < 4.78 is 4.93. The fraction of sp³-hybridized carbons (Fsp3) is 0.444. The van der Waals surface area contributed by atoms with E-state index in [2.05, 4.69) is 5.32 Å². The molecule has 0 unspecified atom stereocenters. The Bertz CT molecular complexity index is 299. The molecule has 5 heteroatoms. The van der Waals surface area contributed by atoms with E-state index in [1.165, 1.54) is 6.07 Å². The lowest BCUT2D eigenvalue weighted by Crippen LogP contribution is -2.23. The highest BCUT2D eigenvalue weighted by Gasteiger charge is 2.08. The van der Waals surface area contributed by atoms with Crippen LogP contribution < -0.4 is 5.32 Å². The molecule has 0 spiro atoms. The first-order chi connectivity index (χ1) is 6.74. The average Bonchev–Trinajstić information content (AvgIpc) is 2.59. The largest absolute Gasteiger partial charge is 0.440 e. The highest BCUT2D eigenvalue weighted by molar-refractivity contribution is 6.29. The lowest BCUT2D eigenvalue weighted by atomic mass is 10.3. The number of nitrogens with one attached hydrogen (secondary N) is 1. The predicted octanol–water partition coefficient (Wildman–Crippen LogP) is 2.68. The standard InChI is InChI=1S/C9H11Cl2NO2/c10-5-1-2-6-12-9(13)7-3-4-8(11)14-7/h3-4H,1-2,5-6H2,(H,12,13). The van der Waals surface area contributed by atoms with E-state index < -0.39 is 0 Å². The van der Waals surface area contributed by atoms with Crippen molar-refractivity contribution in [3.8, 4) is 0 Å². The lowest BCUT2D eigenvalue weighted by molar-refractivity contribution is 0.0925. The maximum absolute atomic E-state index is 11.3. The molecule has 0 radical (unpaired) electrons. The minimum absolute atomic E-state index is 0.218. The molecule has 1 amide bonds. The van der Waals surface area contributed by atoms with Crippen LogP contribution in [-0.2, 0) is 0 Å². The molecule has 0 bridgehead atoms. The summed E-state index contributed by atoms with van der Waals surface area (Å²) in [6.07, 6.45) is 1.75. The summed E-state index contributed by atoms with van der Waals surface area (Å²) in [7, 11) is 0. The zero-order valence-electron chi connectivity index (χ0n) is 7.56. The Morgan fingerprint density at radius 1 is 1.43 bits per heavy atom. The van der Waals surface area contributed by atoms with Crippen LogP contribution in [0.4, 0.5) is 0 Å². The number of hydrogen-bond donors (Lipinski definition) is 1. The lowest BCUT2D eigenvalue weighted by Gasteiger charge is -2.00. The summed E-state index contributed by atoms with van der Waals surface area (Å²) in [4.78, 5) is 11.3. The van der Waals surface area contributed by atoms with Gasteiger partial charge in [-0.3, -0.25) is 4.79 Å². The molecule has 1 aromatic rings. The topological polar surface area (TPSA) is 42.2 Å². The van der Waals surface area contributed by atoms with Crippen LogP contribution >= 0.6 is 23.2 Å². The molecule has 14 heavy (non-hydrogen) atoms. The van der Waals surface area contributed by atoms with Crippen molar-refractivity contribution >= 4 is 29.1 Å². The number of rotatable bonds is 5. The molecule has 0 aliphatic heterocycles. The van der Waals surface area contributed by atoms with E-state index in [1.807, 2.05) is 0 Å². The second kappa shape index (κ2) is 5.94. The van der Waals surface area contributed by atoms with E-state index in [0.717, 1.165) is 12.8 Å². The van der Waals surface area contributed by atoms with Crippen molar-refractivity contribution in [2.45, 2.75) is 12.8 Å². The van der Waals surface area contributed by atoms with Crippen molar-refractivity contribution in [2.75, 3.05) is 12.4 Å². The van der Waals surface area contributed by atoms with Gasteiger partial charge in [0.15, 0.2) is 11.0 Å². The Morgan fingerprint density at radius 2 is 2.21 bits per heavy atom. The van der Waals surface area contributed by atoms with E-state index >= 15 is 0 Å². The van der Waals surface area contributed by atoms with Crippen LogP contribution in [0, 0.1) is 0 Å². The van der Waals surface area contributed by atoms with E-state index in [0.29, 0.717) is 12.4 Å². The Labute approximate surface area is 92.4 Å². The molecule has 1 N–H and O–H groups in total. The number of halogens is 2. The molecule has 0 saturated carbocycles. The van der Waals surface area contributed by atoms with Gasteiger partial charge in [-0.2, -0.15) is 0 Å². The van der Waals surface area contributed by atoms with Gasteiger partial charge in [0, 0.05) is 12.4 Å². The first kappa shape index (κ1) is 11.4. The van der Waals surface area contributed by atoms with Gasteiger partial charge >= 0.3 is 0 Å². The third kappa shape index (κ3) is 3.60. The van der Waals surface area contributed by atoms with Crippen LogP contribution in [0.15, 0.2) is 16.5 Å². The number of furan rings is 1. The number of carbonyl (C=O) groups is 1. The number of amides is 1. The van der Waals surface area contributed by atoms with E-state index in [1.54, 1.807) is 6.07 Å². The molecule has 1 heterocycles. The van der Waals surface area contributed by atoms with Crippen molar-refractivity contribution in [1.82, 2.24) is 5.32 Å². The summed E-state index contributed by atoms with van der Waals surface area (Å²) in [5.74, 6) is 0.606. The van der Waals surface area contributed by atoms with Crippen LogP contribution in [0.25, 0.3) is 0 Å². The summed E-state index contributed by atoms with van der Waals surface area (Å²) in [5.41, 5.74) is 0. The molecule has 1 rings (SSSR count). The van der Waals surface area contributed by atoms with Crippen molar-refractivity contribution in [3.63, 3.8) is 0 Å². The second-order valence-electron chi connectivity index (χ2n) is 2.76. The summed E-state index contributed by atoms with van der Waals surface area (Å²) >= 11 is 11.0. The Morgan fingerprint density at radius 3 is 2.79 bits per heavy atom. The molecule has 0 aliphatic rings. The van der Waals surface area contributed by atoms with Crippen LogP contribution in [0.2, 0.25) is 5.22 Å². The van der Waals surface area contributed by atoms with Crippen molar-refractivity contribution < 1.29 is 9.21 Å². The van der Waals surface area contributed by atoms with E-state index in [9.17, 15) is 4.79 Å². The highest BCUT2D eigenvalue weighted by Crippen LogP contribution is 2.12. The Balaban J connectivity index is 2.29. The minimum Gasteiger partial charge on any atom is -0.440 e. The normalized spacial score (nSPS) is 10.1. The van der Waals surface area contributed by atoms with Gasteiger partial charge in [-0.05, 0) is 36.6 Å². The van der Waals surface area contributed by atoms with Crippen LogP contribution in [0.1, 0.15) is 23.4 Å². The Kier molecular flexibility index (Phi) is 4.84. The van der Waals surface area contributed by atoms with Gasteiger partial charge in [-0.15, -0.1) is 11.6 Å². The van der Waals surface area contributed by atoms with E-state index in [4.69, 9.17) is 27.6 Å². The van der Waals surface area contributed by atoms with Gasteiger partial charge in [0.1, 0.15) is 0 Å². The number of unbranched alkanes of at least 4 members (excludes halogenated alkanes) is 1. The number of hydrogen-bond acceptors (Lipinski definition) is 2. The van der Waals surface area contributed by atoms with Crippen molar-refractivity contribution in [3.05, 3.63) is 23.1 Å². The SMILES string of the molecule is O=C(NCCCCCl)c1ccc(Cl)o1. The first-order valence-corrected chi connectivity index (χ1v) is 5.25. The van der Waals surface area contributed by atoms with Gasteiger partial charge in [0.25, 0.3) is 5.91 Å². The zero-order chi connectivity index (χ0) is 10.4. The summed E-state index contributed by atoms with van der Waals surface area (Å²) in [5, 5.41) is 2.92. The first-order valence-electron chi connectivity index (χ1n) is 4.33. The summed E-state index contributed by atoms with van der Waals surface area (Å²) in [6.45, 7) is 0.601. The monoisotopic (exact) mass is 235 g/mol. The molecular formula is C9H11Cl2NO2. The average molecular weight is 236 g/mol. The molecule has 78 valence electrons. The molecule has 0 saturated heterocycles. The van der Waals surface area contributed by atoms with Crippen LogP contribution in [-0.4, -0.2) is 18.3 Å². The minimum atomic E-state index is -0.244. The molecular weight excluding hydrogens is 225 g/mol. The molecule has 0 aliphatic carbocycles. The fourth-order valence-electron chi connectivity index (χ4n) is 0.945. The third-order valence-electron chi connectivity index (χ3n) is 1.64. The van der Waals surface area contributed by atoms with Gasteiger partial charge < -0.3 is 9.73 Å². The molecule has 1 aromatic heterocycles. The number of carbonyl (C=O) groups excluding carboxylic acids is 1. The maximum atomic E-state index is 11.3. The molecule has 0 aromatic carbocycles. The number of alkyl halides is 1. The van der Waals surface area contributed by atoms with Crippen molar-refractivity contribution in [1.29, 1.82) is 0 Å². The second-order valence-corrected chi connectivity index (χ2v) is 3.51. The summed E-state index contributed by atoms with van der Waals surface area (Å²) in [6, 6.07) is 3.08. The maximum Gasteiger partial charge on any atom is 0.287 e. The van der Waals surface area contributed by atoms with E-state index in [-0.39, 0.29) is 16.9 Å². The van der Waals surface area contributed by atoms with Gasteiger partial charge in [0.05, 0.1) is 0 Å². The predicted molar refractivity (Wildman–Crippen MR) is 56.0 cm³/mol. The molecule has 0 atom stereocenters. The van der Waals surface area contributed by atoms with Crippen molar-refractivity contribution in [2.24, 2.45) is 0 Å². The van der Waals surface area contributed by atoms with Gasteiger partial charge in [-0.25, -0.2) is 0 Å². The molecule has 3 nitrogen and oxygen atoms in total. The van der Waals surface area contributed by atoms with Crippen LogP contribution in [0.3, 0.4) is 0 Å². The Hall–Kier alpha value is -0.670. The smallest absolute Gasteiger partial charge is 0.287 e.